The molecule has 0 aromatic heterocycles. The Balaban J connectivity index is 1.92. The molecule has 26 heavy (non-hydrogen) atoms. The Morgan fingerprint density at radius 1 is 1.19 bits per heavy atom. The van der Waals surface area contributed by atoms with Crippen LogP contribution in [0.25, 0.3) is 0 Å². The van der Waals surface area contributed by atoms with Crippen LogP contribution in [0.4, 0.5) is 23.7 Å². The summed E-state index contributed by atoms with van der Waals surface area (Å²) in [6.07, 6.45) is -4.06. The molecule has 2 N–H and O–H groups in total. The average Bonchev–Trinajstić information content (AvgIpc) is 2.57. The molecule has 0 aliphatic carbocycles. The lowest BCUT2D eigenvalue weighted by Gasteiger charge is -2.13. The summed E-state index contributed by atoms with van der Waals surface area (Å²) in [5, 5.41) is 4.55. The third-order valence-electron chi connectivity index (χ3n) is 3.48. The summed E-state index contributed by atoms with van der Waals surface area (Å²) in [4.78, 5) is 11.9. The van der Waals surface area contributed by atoms with Gasteiger partial charge in [-0.2, -0.15) is 13.2 Å². The number of amides is 2. The van der Waals surface area contributed by atoms with Gasteiger partial charge in [0.2, 0.25) is 0 Å². The summed E-state index contributed by atoms with van der Waals surface area (Å²) < 4.78 is 44.0. The van der Waals surface area contributed by atoms with Crippen molar-refractivity contribution in [2.24, 2.45) is 0 Å². The van der Waals surface area contributed by atoms with Crippen LogP contribution in [0.3, 0.4) is 0 Å². The Kier molecular flexibility index (Phi) is 6.74. The first-order valence-corrected chi connectivity index (χ1v) is 8.31. The predicted octanol–water partition coefficient (Wildman–Crippen LogP) is 5.12. The lowest BCUT2D eigenvalue weighted by Crippen LogP contribution is -2.30. The van der Waals surface area contributed by atoms with Crippen LogP contribution in [0.5, 0.6) is 5.75 Å². The summed E-state index contributed by atoms with van der Waals surface area (Å²) in [6.45, 7) is 2.71. The molecule has 0 atom stereocenters. The van der Waals surface area contributed by atoms with Gasteiger partial charge in [0, 0.05) is 12.2 Å². The fourth-order valence-corrected chi connectivity index (χ4v) is 2.54. The molecule has 0 saturated heterocycles. The number of carbonyl (C=O) groups is 1. The molecule has 2 aromatic rings. The fourth-order valence-electron chi connectivity index (χ4n) is 2.31. The molecule has 0 spiro atoms. The van der Waals surface area contributed by atoms with Gasteiger partial charge in [-0.05, 0) is 43.2 Å². The number of rotatable bonds is 6. The molecular formula is C18H18ClF3N2O2. The van der Waals surface area contributed by atoms with Crippen molar-refractivity contribution in [3.05, 3.63) is 58.6 Å². The predicted molar refractivity (Wildman–Crippen MR) is 94.8 cm³/mol. The summed E-state index contributed by atoms with van der Waals surface area (Å²) in [5.41, 5.74) is -0.0583. The zero-order valence-electron chi connectivity index (χ0n) is 14.0. The molecule has 0 aliphatic heterocycles. The van der Waals surface area contributed by atoms with E-state index in [0.717, 1.165) is 23.4 Å². The molecule has 2 amide bonds. The third kappa shape index (κ3) is 5.56. The van der Waals surface area contributed by atoms with E-state index in [0.29, 0.717) is 19.6 Å². The number of carbonyl (C=O) groups excluding carboxylic acids is 1. The molecule has 0 bridgehead atoms. The van der Waals surface area contributed by atoms with Gasteiger partial charge in [0.15, 0.2) is 0 Å². The van der Waals surface area contributed by atoms with E-state index in [1.807, 2.05) is 31.2 Å². The molecule has 0 fully saturated rings. The topological polar surface area (TPSA) is 50.4 Å². The van der Waals surface area contributed by atoms with Crippen LogP contribution < -0.4 is 15.4 Å². The van der Waals surface area contributed by atoms with E-state index >= 15 is 0 Å². The molecule has 8 heteroatoms. The number of alkyl halides is 3. The van der Waals surface area contributed by atoms with Gasteiger partial charge in [0.25, 0.3) is 0 Å². The summed E-state index contributed by atoms with van der Waals surface area (Å²) >= 11 is 5.55. The molecule has 4 nitrogen and oxygen atoms in total. The van der Waals surface area contributed by atoms with E-state index < -0.39 is 22.8 Å². The van der Waals surface area contributed by atoms with Crippen molar-refractivity contribution in [2.75, 3.05) is 18.5 Å². The summed E-state index contributed by atoms with van der Waals surface area (Å²) in [7, 11) is 0. The van der Waals surface area contributed by atoms with Crippen LogP contribution in [0, 0.1) is 0 Å². The minimum absolute atomic E-state index is 0.00828. The first-order chi connectivity index (χ1) is 12.3. The maximum Gasteiger partial charge on any atom is 0.417 e. The van der Waals surface area contributed by atoms with E-state index in [1.54, 1.807) is 0 Å². The summed E-state index contributed by atoms with van der Waals surface area (Å²) in [6, 6.07) is 10.0. The van der Waals surface area contributed by atoms with Gasteiger partial charge in [0.05, 0.1) is 17.2 Å². The van der Waals surface area contributed by atoms with Crippen LogP contribution in [0.2, 0.25) is 5.02 Å². The number of urea groups is 1. The standard InChI is InChI=1S/C18H18ClF3N2O2/c1-2-26-16-6-4-3-5-12(16)9-10-23-17(25)24-13-7-8-15(19)14(11-13)18(20,21)22/h3-8,11H,2,9-10H2,1H3,(H2,23,24,25). The molecule has 0 aliphatic rings. The van der Waals surface area contributed by atoms with Crippen molar-refractivity contribution < 1.29 is 22.7 Å². The Labute approximate surface area is 154 Å². The number of para-hydroxylation sites is 1. The van der Waals surface area contributed by atoms with Crippen molar-refractivity contribution in [1.29, 1.82) is 0 Å². The van der Waals surface area contributed by atoms with Crippen LogP contribution >= 0.6 is 11.6 Å². The van der Waals surface area contributed by atoms with E-state index in [9.17, 15) is 18.0 Å². The van der Waals surface area contributed by atoms with Gasteiger partial charge in [-0.3, -0.25) is 0 Å². The molecule has 0 heterocycles. The van der Waals surface area contributed by atoms with Crippen molar-refractivity contribution >= 4 is 23.3 Å². The lowest BCUT2D eigenvalue weighted by atomic mass is 10.1. The van der Waals surface area contributed by atoms with Gasteiger partial charge in [0.1, 0.15) is 5.75 Å². The minimum Gasteiger partial charge on any atom is -0.494 e. The first-order valence-electron chi connectivity index (χ1n) is 7.93. The maximum absolute atomic E-state index is 12.8. The minimum atomic E-state index is -4.59. The highest BCUT2D eigenvalue weighted by atomic mass is 35.5. The smallest absolute Gasteiger partial charge is 0.417 e. The summed E-state index contributed by atoms with van der Waals surface area (Å²) in [5.74, 6) is 0.740. The highest BCUT2D eigenvalue weighted by Gasteiger charge is 2.33. The van der Waals surface area contributed by atoms with Crippen LogP contribution in [0.15, 0.2) is 42.5 Å². The Morgan fingerprint density at radius 3 is 2.62 bits per heavy atom. The number of halogens is 4. The monoisotopic (exact) mass is 386 g/mol. The van der Waals surface area contributed by atoms with Crippen LogP contribution in [-0.2, 0) is 12.6 Å². The van der Waals surface area contributed by atoms with Crippen LogP contribution in [0.1, 0.15) is 18.1 Å². The number of hydrogen-bond acceptors (Lipinski definition) is 2. The van der Waals surface area contributed by atoms with Crippen molar-refractivity contribution in [3.63, 3.8) is 0 Å². The van der Waals surface area contributed by atoms with Gasteiger partial charge in [-0.15, -0.1) is 0 Å². The van der Waals surface area contributed by atoms with Gasteiger partial charge in [-0.1, -0.05) is 29.8 Å². The van der Waals surface area contributed by atoms with Crippen molar-refractivity contribution in [1.82, 2.24) is 5.32 Å². The van der Waals surface area contributed by atoms with E-state index in [1.165, 1.54) is 6.07 Å². The lowest BCUT2D eigenvalue weighted by molar-refractivity contribution is -0.137. The third-order valence-corrected chi connectivity index (χ3v) is 3.81. The highest BCUT2D eigenvalue weighted by Crippen LogP contribution is 2.36. The fraction of sp³-hybridized carbons (Fsp3) is 0.278. The Morgan fingerprint density at radius 2 is 1.92 bits per heavy atom. The van der Waals surface area contributed by atoms with Crippen molar-refractivity contribution in [3.8, 4) is 5.75 Å². The van der Waals surface area contributed by atoms with E-state index in [-0.39, 0.29) is 5.69 Å². The largest absolute Gasteiger partial charge is 0.494 e. The number of hydrogen-bond donors (Lipinski definition) is 2. The van der Waals surface area contributed by atoms with Gasteiger partial charge < -0.3 is 15.4 Å². The Bertz CT molecular complexity index is 766. The average molecular weight is 387 g/mol. The number of ether oxygens (including phenoxy) is 1. The first kappa shape index (κ1) is 19.9. The molecule has 2 rings (SSSR count). The molecular weight excluding hydrogens is 369 g/mol. The highest BCUT2D eigenvalue weighted by molar-refractivity contribution is 6.31. The zero-order valence-corrected chi connectivity index (χ0v) is 14.7. The molecule has 0 unspecified atom stereocenters. The zero-order chi connectivity index (χ0) is 19.2. The quantitative estimate of drug-likeness (QED) is 0.723. The molecule has 2 aromatic carbocycles. The van der Waals surface area contributed by atoms with E-state index in [2.05, 4.69) is 10.6 Å². The second kappa shape index (κ2) is 8.80. The van der Waals surface area contributed by atoms with Gasteiger partial charge in [-0.25, -0.2) is 4.79 Å². The number of anilines is 1. The molecule has 140 valence electrons. The second-order valence-electron chi connectivity index (χ2n) is 5.36. The normalized spacial score (nSPS) is 11.1. The van der Waals surface area contributed by atoms with Crippen LogP contribution in [-0.4, -0.2) is 19.2 Å². The SMILES string of the molecule is CCOc1ccccc1CCNC(=O)Nc1ccc(Cl)c(C(F)(F)F)c1. The maximum atomic E-state index is 12.8. The van der Waals surface area contributed by atoms with Gasteiger partial charge >= 0.3 is 12.2 Å². The molecule has 0 saturated carbocycles. The van der Waals surface area contributed by atoms with Crippen molar-refractivity contribution in [2.45, 2.75) is 19.5 Å². The number of nitrogens with one attached hydrogen (secondary N) is 2. The second-order valence-corrected chi connectivity index (χ2v) is 5.77. The molecule has 0 radical (unpaired) electrons. The number of benzene rings is 2. The van der Waals surface area contributed by atoms with E-state index in [4.69, 9.17) is 16.3 Å². The Hall–Kier alpha value is -2.41.